The highest BCUT2D eigenvalue weighted by atomic mass is 32.2. The van der Waals surface area contributed by atoms with E-state index in [1.54, 1.807) is 6.92 Å². The molecule has 1 aliphatic rings. The van der Waals surface area contributed by atoms with Gasteiger partial charge in [-0.2, -0.15) is 0 Å². The van der Waals surface area contributed by atoms with E-state index in [0.29, 0.717) is 18.9 Å². The summed E-state index contributed by atoms with van der Waals surface area (Å²) in [6, 6.07) is 0.386. The third kappa shape index (κ3) is 6.16. The molecule has 0 aromatic rings. The van der Waals surface area contributed by atoms with Crippen molar-refractivity contribution >= 4 is 9.84 Å². The maximum atomic E-state index is 11.4. The molecular weight excluding hydrogens is 250 g/mol. The Kier molecular flexibility index (Phi) is 6.08. The normalized spacial score (nSPS) is 24.7. The molecule has 4 nitrogen and oxygen atoms in total. The summed E-state index contributed by atoms with van der Waals surface area (Å²) in [5, 5.41) is 13.7. The quantitative estimate of drug-likeness (QED) is 0.740. The molecule has 1 aliphatic heterocycles. The van der Waals surface area contributed by atoms with Gasteiger partial charge < -0.3 is 10.4 Å². The van der Waals surface area contributed by atoms with Crippen molar-refractivity contribution in [3.63, 3.8) is 0 Å². The lowest BCUT2D eigenvalue weighted by Crippen LogP contribution is -2.41. The number of hydrogen-bond acceptors (Lipinski definition) is 4. The lowest BCUT2D eigenvalue weighted by Gasteiger charge is -2.31. The van der Waals surface area contributed by atoms with Gasteiger partial charge in [0.2, 0.25) is 0 Å². The third-order valence-electron chi connectivity index (χ3n) is 3.71. The number of aliphatic hydroxyl groups is 1. The van der Waals surface area contributed by atoms with Crippen molar-refractivity contribution in [2.24, 2.45) is 0 Å². The molecule has 0 amide bonds. The first-order chi connectivity index (χ1) is 8.35. The van der Waals surface area contributed by atoms with Crippen LogP contribution in [-0.4, -0.2) is 43.2 Å². The van der Waals surface area contributed by atoms with E-state index < -0.39 is 15.4 Å². The number of piperidine rings is 1. The van der Waals surface area contributed by atoms with Crippen molar-refractivity contribution in [3.05, 3.63) is 0 Å². The van der Waals surface area contributed by atoms with E-state index in [9.17, 15) is 13.5 Å². The first-order valence-electron chi connectivity index (χ1n) is 7.01. The van der Waals surface area contributed by atoms with E-state index in [1.807, 2.05) is 6.92 Å². The molecule has 0 aromatic carbocycles. The summed E-state index contributed by atoms with van der Waals surface area (Å²) in [6.45, 7) is 4.52. The first-order valence-corrected chi connectivity index (χ1v) is 8.83. The molecule has 2 N–H and O–H groups in total. The largest absolute Gasteiger partial charge is 0.390 e. The Morgan fingerprint density at radius 2 is 2.11 bits per heavy atom. The summed E-state index contributed by atoms with van der Waals surface area (Å²) < 4.78 is 22.8. The summed E-state index contributed by atoms with van der Waals surface area (Å²) in [4.78, 5) is 0. The average molecular weight is 277 g/mol. The van der Waals surface area contributed by atoms with Crippen LogP contribution in [0.25, 0.3) is 0 Å². The van der Waals surface area contributed by atoms with Gasteiger partial charge in [0.1, 0.15) is 9.84 Å². The molecule has 108 valence electrons. The van der Waals surface area contributed by atoms with Gasteiger partial charge in [0.05, 0.1) is 11.4 Å². The lowest BCUT2D eigenvalue weighted by molar-refractivity contribution is 0.0280. The summed E-state index contributed by atoms with van der Waals surface area (Å²) in [5.41, 5.74) is -0.752. The smallest absolute Gasteiger partial charge is 0.150 e. The summed E-state index contributed by atoms with van der Waals surface area (Å²) in [5.74, 6) is 0.386. The fourth-order valence-corrected chi connectivity index (χ4v) is 3.42. The van der Waals surface area contributed by atoms with Crippen LogP contribution in [0.3, 0.4) is 0 Å². The monoisotopic (exact) mass is 277 g/mol. The number of hydrogen-bond donors (Lipinski definition) is 2. The van der Waals surface area contributed by atoms with Crippen LogP contribution in [0, 0.1) is 0 Å². The van der Waals surface area contributed by atoms with E-state index in [1.165, 1.54) is 12.8 Å². The molecule has 1 saturated heterocycles. The predicted octanol–water partition coefficient (Wildman–Crippen LogP) is 1.48. The minimum atomic E-state index is -2.90. The zero-order valence-electron chi connectivity index (χ0n) is 11.6. The second-order valence-corrected chi connectivity index (χ2v) is 8.16. The van der Waals surface area contributed by atoms with Crippen LogP contribution in [0.1, 0.15) is 52.4 Å². The van der Waals surface area contributed by atoms with Gasteiger partial charge in [0.25, 0.3) is 0 Å². The van der Waals surface area contributed by atoms with E-state index in [2.05, 4.69) is 5.32 Å². The van der Waals surface area contributed by atoms with Gasteiger partial charge in [-0.25, -0.2) is 8.42 Å². The molecule has 0 spiro atoms. The van der Waals surface area contributed by atoms with Crippen LogP contribution < -0.4 is 5.32 Å². The average Bonchev–Trinajstić information content (AvgIpc) is 2.29. The highest BCUT2D eigenvalue weighted by Gasteiger charge is 2.26. The van der Waals surface area contributed by atoms with Crippen LogP contribution in [-0.2, 0) is 9.84 Å². The van der Waals surface area contributed by atoms with Crippen LogP contribution >= 0.6 is 0 Å². The van der Waals surface area contributed by atoms with E-state index in [-0.39, 0.29) is 11.5 Å². The minimum Gasteiger partial charge on any atom is -0.390 e. The SMILES string of the molecule is CCS(=O)(=O)CCCC(C)(O)CC1CCCCN1. The Morgan fingerprint density at radius 3 is 2.67 bits per heavy atom. The highest BCUT2D eigenvalue weighted by Crippen LogP contribution is 2.23. The molecule has 2 atom stereocenters. The number of sulfone groups is 1. The molecule has 1 heterocycles. The van der Waals surface area contributed by atoms with Crippen molar-refractivity contribution in [3.8, 4) is 0 Å². The first kappa shape index (κ1) is 15.9. The van der Waals surface area contributed by atoms with Crippen molar-refractivity contribution in [1.82, 2.24) is 5.32 Å². The highest BCUT2D eigenvalue weighted by molar-refractivity contribution is 7.91. The number of rotatable bonds is 7. The molecule has 0 aliphatic carbocycles. The van der Waals surface area contributed by atoms with E-state index in [0.717, 1.165) is 19.4 Å². The predicted molar refractivity (Wildman–Crippen MR) is 74.4 cm³/mol. The van der Waals surface area contributed by atoms with Crippen LogP contribution in [0.4, 0.5) is 0 Å². The Morgan fingerprint density at radius 1 is 1.39 bits per heavy atom. The second kappa shape index (κ2) is 6.87. The lowest BCUT2D eigenvalue weighted by atomic mass is 9.89. The maximum Gasteiger partial charge on any atom is 0.150 e. The molecule has 18 heavy (non-hydrogen) atoms. The van der Waals surface area contributed by atoms with Gasteiger partial charge in [-0.15, -0.1) is 0 Å². The molecule has 2 unspecified atom stereocenters. The Balaban J connectivity index is 2.30. The van der Waals surface area contributed by atoms with Crippen molar-refractivity contribution < 1.29 is 13.5 Å². The van der Waals surface area contributed by atoms with Gasteiger partial charge in [0.15, 0.2) is 0 Å². The zero-order chi connectivity index (χ0) is 13.6. The van der Waals surface area contributed by atoms with Crippen LogP contribution in [0.2, 0.25) is 0 Å². The van der Waals surface area contributed by atoms with Gasteiger partial charge in [0, 0.05) is 11.8 Å². The Bertz CT molecular complexity index is 332. The third-order valence-corrected chi connectivity index (χ3v) is 5.50. The Labute approximate surface area is 111 Å². The molecule has 0 bridgehead atoms. The van der Waals surface area contributed by atoms with Gasteiger partial charge >= 0.3 is 0 Å². The van der Waals surface area contributed by atoms with Crippen molar-refractivity contribution in [1.29, 1.82) is 0 Å². The summed E-state index contributed by atoms with van der Waals surface area (Å²) in [7, 11) is -2.90. The molecule has 0 saturated carbocycles. The molecule has 0 aromatic heterocycles. The molecule has 5 heteroatoms. The molecule has 1 rings (SSSR count). The van der Waals surface area contributed by atoms with Crippen LogP contribution in [0.5, 0.6) is 0 Å². The number of nitrogens with one attached hydrogen (secondary N) is 1. The molecule has 1 fully saturated rings. The fraction of sp³-hybridized carbons (Fsp3) is 1.00. The second-order valence-electron chi connectivity index (χ2n) is 5.69. The van der Waals surface area contributed by atoms with Crippen molar-refractivity contribution in [2.75, 3.05) is 18.1 Å². The van der Waals surface area contributed by atoms with E-state index in [4.69, 9.17) is 0 Å². The van der Waals surface area contributed by atoms with E-state index >= 15 is 0 Å². The van der Waals surface area contributed by atoms with Gasteiger partial charge in [-0.05, 0) is 45.6 Å². The zero-order valence-corrected chi connectivity index (χ0v) is 12.4. The van der Waals surface area contributed by atoms with Gasteiger partial charge in [-0.3, -0.25) is 0 Å². The minimum absolute atomic E-state index is 0.192. The summed E-state index contributed by atoms with van der Waals surface area (Å²) >= 11 is 0. The molecular formula is C13H27NO3S. The topological polar surface area (TPSA) is 66.4 Å². The molecule has 0 radical (unpaired) electrons. The van der Waals surface area contributed by atoms with Gasteiger partial charge in [-0.1, -0.05) is 13.3 Å². The van der Waals surface area contributed by atoms with Crippen molar-refractivity contribution in [2.45, 2.75) is 64.0 Å². The van der Waals surface area contributed by atoms with Crippen LogP contribution in [0.15, 0.2) is 0 Å². The summed E-state index contributed by atoms with van der Waals surface area (Å²) in [6.07, 6.45) is 5.38. The maximum absolute atomic E-state index is 11.4. The standard InChI is InChI=1S/C13H27NO3S/c1-3-18(16,17)10-6-8-13(2,15)11-12-7-4-5-9-14-12/h12,14-15H,3-11H2,1-2H3. The fourth-order valence-electron chi connectivity index (χ4n) is 2.55. The Hall–Kier alpha value is -0.130.